The van der Waals surface area contributed by atoms with Crippen LogP contribution in [0.5, 0.6) is 5.75 Å². The number of benzene rings is 1. The fourth-order valence-corrected chi connectivity index (χ4v) is 6.48. The smallest absolute Gasteiger partial charge is 0.306 e. The fourth-order valence-electron chi connectivity index (χ4n) is 6.48. The summed E-state index contributed by atoms with van der Waals surface area (Å²) in [4.78, 5) is 12.3. The zero-order chi connectivity index (χ0) is 18.5. The van der Waals surface area contributed by atoms with Crippen LogP contribution in [0.4, 0.5) is 0 Å². The second kappa shape index (κ2) is 6.56. The minimum absolute atomic E-state index is 0.0905. The number of aromatic hydroxyl groups is 1. The molecule has 0 aliphatic heterocycles. The Hall–Kier alpha value is -1.55. The van der Waals surface area contributed by atoms with Crippen molar-refractivity contribution in [3.8, 4) is 5.75 Å². The van der Waals surface area contributed by atoms with Gasteiger partial charge in [-0.1, -0.05) is 13.0 Å². The molecule has 26 heavy (non-hydrogen) atoms. The van der Waals surface area contributed by atoms with E-state index in [-0.39, 0.29) is 23.4 Å². The number of hydrogen-bond donors (Lipinski definition) is 2. The quantitative estimate of drug-likeness (QED) is 0.807. The molecule has 3 aliphatic rings. The topological polar surface area (TPSA) is 66.8 Å². The molecule has 0 spiro atoms. The molecule has 4 rings (SSSR count). The normalized spacial score (nSPS) is 38.2. The van der Waals surface area contributed by atoms with Crippen molar-refractivity contribution in [1.29, 1.82) is 0 Å². The number of carbonyl (C=O) groups excluding carboxylic acids is 1. The SMILES string of the molecule is CCOC(=O)C[C@H]1C[C@@]2(C)C(CC[C@@H]2O)C2CCc3cc(O)ccc3C21. The number of phenols is 1. The number of phenolic OH excluding ortho intramolecular Hbond substituents is 1. The minimum atomic E-state index is -0.264. The number of aliphatic hydroxyl groups is 1. The Labute approximate surface area is 155 Å². The lowest BCUT2D eigenvalue weighted by Gasteiger charge is -2.53. The third kappa shape index (κ3) is 2.74. The number of hydrogen-bond acceptors (Lipinski definition) is 4. The van der Waals surface area contributed by atoms with Crippen molar-refractivity contribution in [3.05, 3.63) is 29.3 Å². The molecule has 0 amide bonds. The van der Waals surface area contributed by atoms with E-state index in [9.17, 15) is 15.0 Å². The van der Waals surface area contributed by atoms with Gasteiger partial charge in [-0.05, 0) is 91.4 Å². The van der Waals surface area contributed by atoms with Gasteiger partial charge in [-0.15, -0.1) is 0 Å². The van der Waals surface area contributed by atoms with Crippen molar-refractivity contribution in [2.75, 3.05) is 6.61 Å². The number of carbonyl (C=O) groups is 1. The van der Waals surface area contributed by atoms with Crippen molar-refractivity contribution in [3.63, 3.8) is 0 Å². The number of aryl methyl sites for hydroxylation is 1. The Morgan fingerprint density at radius 1 is 1.31 bits per heavy atom. The highest BCUT2D eigenvalue weighted by Gasteiger charge is 2.57. The van der Waals surface area contributed by atoms with Crippen LogP contribution in [0.15, 0.2) is 18.2 Å². The van der Waals surface area contributed by atoms with Gasteiger partial charge in [0, 0.05) is 6.42 Å². The summed E-state index contributed by atoms with van der Waals surface area (Å²) in [5.41, 5.74) is 2.44. The predicted molar refractivity (Wildman–Crippen MR) is 98.9 cm³/mol. The summed E-state index contributed by atoms with van der Waals surface area (Å²) in [5, 5.41) is 20.6. The summed E-state index contributed by atoms with van der Waals surface area (Å²) in [6.07, 6.45) is 5.04. The maximum Gasteiger partial charge on any atom is 0.306 e. The molecule has 2 N–H and O–H groups in total. The molecule has 0 radical (unpaired) electrons. The molecule has 4 heteroatoms. The summed E-state index contributed by atoms with van der Waals surface area (Å²) >= 11 is 0. The van der Waals surface area contributed by atoms with Gasteiger partial charge in [0.1, 0.15) is 5.75 Å². The van der Waals surface area contributed by atoms with Gasteiger partial charge in [-0.25, -0.2) is 0 Å². The number of rotatable bonds is 3. The average molecular weight is 358 g/mol. The second-order valence-electron chi connectivity index (χ2n) is 8.79. The lowest BCUT2D eigenvalue weighted by atomic mass is 9.51. The molecule has 0 aromatic heterocycles. The van der Waals surface area contributed by atoms with Crippen LogP contribution in [-0.4, -0.2) is 28.9 Å². The van der Waals surface area contributed by atoms with Crippen LogP contribution in [0, 0.1) is 23.2 Å². The molecule has 2 fully saturated rings. The summed E-state index contributed by atoms with van der Waals surface area (Å²) in [6, 6.07) is 5.73. The molecule has 6 atom stereocenters. The standard InChI is InChI=1S/C22H30O4/c1-3-26-20(25)11-14-12-22(2)18(8-9-19(22)24)17-6-4-13-10-15(23)5-7-16(13)21(14)17/h5,7,10,14,17-19,21,23-24H,3-4,6,8-9,11-12H2,1-2H3/t14-,17?,18?,19-,21?,22-/m0/s1. The van der Waals surface area contributed by atoms with Crippen molar-refractivity contribution in [2.45, 2.75) is 64.4 Å². The predicted octanol–water partition coefficient (Wildman–Crippen LogP) is 3.79. The van der Waals surface area contributed by atoms with E-state index in [0.717, 1.165) is 32.1 Å². The zero-order valence-corrected chi connectivity index (χ0v) is 15.8. The van der Waals surface area contributed by atoms with Crippen LogP contribution in [0.1, 0.15) is 63.0 Å². The largest absolute Gasteiger partial charge is 0.508 e. The fraction of sp³-hybridized carbons (Fsp3) is 0.682. The van der Waals surface area contributed by atoms with Crippen LogP contribution in [0.25, 0.3) is 0 Å². The molecule has 0 heterocycles. The van der Waals surface area contributed by atoms with Crippen molar-refractivity contribution in [2.24, 2.45) is 23.2 Å². The number of esters is 1. The van der Waals surface area contributed by atoms with Gasteiger partial charge in [0.2, 0.25) is 0 Å². The first-order valence-corrected chi connectivity index (χ1v) is 10.1. The van der Waals surface area contributed by atoms with Crippen LogP contribution in [-0.2, 0) is 16.0 Å². The van der Waals surface area contributed by atoms with Crippen LogP contribution in [0.3, 0.4) is 0 Å². The van der Waals surface area contributed by atoms with Crippen molar-refractivity contribution in [1.82, 2.24) is 0 Å². The first kappa shape index (κ1) is 17.8. The Bertz CT molecular complexity index is 699. The van der Waals surface area contributed by atoms with E-state index in [1.807, 2.05) is 13.0 Å². The van der Waals surface area contributed by atoms with E-state index >= 15 is 0 Å². The molecule has 0 saturated heterocycles. The maximum absolute atomic E-state index is 12.3. The molecule has 142 valence electrons. The Balaban J connectivity index is 1.73. The Kier molecular flexibility index (Phi) is 4.50. The maximum atomic E-state index is 12.3. The van der Waals surface area contributed by atoms with E-state index in [1.165, 1.54) is 11.1 Å². The molecule has 2 saturated carbocycles. The van der Waals surface area contributed by atoms with Crippen LogP contribution >= 0.6 is 0 Å². The van der Waals surface area contributed by atoms with Gasteiger partial charge < -0.3 is 14.9 Å². The Morgan fingerprint density at radius 2 is 2.12 bits per heavy atom. The van der Waals surface area contributed by atoms with E-state index in [1.54, 1.807) is 6.07 Å². The minimum Gasteiger partial charge on any atom is -0.508 e. The van der Waals surface area contributed by atoms with E-state index in [2.05, 4.69) is 13.0 Å². The molecule has 1 aromatic rings. The molecule has 0 bridgehead atoms. The first-order chi connectivity index (χ1) is 12.4. The summed E-state index contributed by atoms with van der Waals surface area (Å²) in [5.74, 6) is 1.73. The molecular formula is C22H30O4. The lowest BCUT2D eigenvalue weighted by molar-refractivity contribution is -0.146. The van der Waals surface area contributed by atoms with Gasteiger partial charge in [0.25, 0.3) is 0 Å². The molecule has 3 unspecified atom stereocenters. The summed E-state index contributed by atoms with van der Waals surface area (Å²) in [6.45, 7) is 4.49. The van der Waals surface area contributed by atoms with Crippen LogP contribution in [0.2, 0.25) is 0 Å². The third-order valence-electron chi connectivity index (χ3n) is 7.51. The second-order valence-corrected chi connectivity index (χ2v) is 8.79. The van der Waals surface area contributed by atoms with Crippen molar-refractivity contribution < 1.29 is 19.7 Å². The molecule has 4 nitrogen and oxygen atoms in total. The van der Waals surface area contributed by atoms with Gasteiger partial charge in [0.05, 0.1) is 12.7 Å². The number of fused-ring (bicyclic) bond motifs is 5. The summed E-state index contributed by atoms with van der Waals surface area (Å²) < 4.78 is 5.26. The first-order valence-electron chi connectivity index (χ1n) is 10.1. The molecule has 1 aromatic carbocycles. The zero-order valence-electron chi connectivity index (χ0n) is 15.8. The average Bonchev–Trinajstić information content (AvgIpc) is 2.89. The van der Waals surface area contributed by atoms with Gasteiger partial charge in [0.15, 0.2) is 0 Å². The van der Waals surface area contributed by atoms with Gasteiger partial charge in [-0.3, -0.25) is 4.79 Å². The van der Waals surface area contributed by atoms with Gasteiger partial charge >= 0.3 is 5.97 Å². The molecular weight excluding hydrogens is 328 g/mol. The van der Waals surface area contributed by atoms with Crippen molar-refractivity contribution >= 4 is 5.97 Å². The highest BCUT2D eigenvalue weighted by Crippen LogP contribution is 2.63. The lowest BCUT2D eigenvalue weighted by Crippen LogP contribution is -2.48. The third-order valence-corrected chi connectivity index (χ3v) is 7.51. The highest BCUT2D eigenvalue weighted by atomic mass is 16.5. The molecule has 3 aliphatic carbocycles. The van der Waals surface area contributed by atoms with E-state index < -0.39 is 0 Å². The highest BCUT2D eigenvalue weighted by molar-refractivity contribution is 5.70. The number of ether oxygens (including phenoxy) is 1. The Morgan fingerprint density at radius 3 is 2.88 bits per heavy atom. The van der Waals surface area contributed by atoms with Gasteiger partial charge in [-0.2, -0.15) is 0 Å². The van der Waals surface area contributed by atoms with Crippen LogP contribution < -0.4 is 0 Å². The summed E-state index contributed by atoms with van der Waals surface area (Å²) in [7, 11) is 0. The van der Waals surface area contributed by atoms with E-state index in [0.29, 0.717) is 36.5 Å². The van der Waals surface area contributed by atoms with E-state index in [4.69, 9.17) is 4.74 Å². The monoisotopic (exact) mass is 358 g/mol. The number of aliphatic hydroxyl groups excluding tert-OH is 1.